The number of aromatic nitrogens is 1. The first kappa shape index (κ1) is 31.2. The number of nitriles is 1. The van der Waals surface area contributed by atoms with E-state index in [0.717, 1.165) is 29.3 Å². The molecule has 1 heterocycles. The number of rotatable bonds is 8. The van der Waals surface area contributed by atoms with Gasteiger partial charge in [-0.2, -0.15) is 5.26 Å². The van der Waals surface area contributed by atoms with Crippen molar-refractivity contribution in [2.75, 3.05) is 0 Å². The molecule has 0 aliphatic carbocycles. The van der Waals surface area contributed by atoms with E-state index in [9.17, 15) is 5.26 Å². The molecule has 0 N–H and O–H groups in total. The topological polar surface area (TPSA) is 28.7 Å². The molecule has 0 atom stereocenters. The predicted molar refractivity (Wildman–Crippen MR) is 153 cm³/mol. The number of benzene rings is 1. The quantitative estimate of drug-likeness (QED) is 0.284. The van der Waals surface area contributed by atoms with Crippen molar-refractivity contribution >= 4 is 5.57 Å². The van der Waals surface area contributed by atoms with Crippen molar-refractivity contribution < 1.29 is 0 Å². The van der Waals surface area contributed by atoms with Crippen LogP contribution in [0.1, 0.15) is 91.8 Å². The standard InChI is InChI=1S/C22H24N2.C6H14.C4H10/c1-5-7-9-19(16-23)20(8-6-2)22-15-14-21(24(22)4)18-12-10-17(3)11-13-18;1-4-5-6(2)3;1-3-4-2/h6-15H,5H2,1-4H3;6H,4-5H2,1-3H3;3-4H2,1-2H3/b8-6-,9-7+,20-19-;;. The highest BCUT2D eigenvalue weighted by Gasteiger charge is 2.12. The first-order valence-electron chi connectivity index (χ1n) is 13.0. The highest BCUT2D eigenvalue weighted by molar-refractivity contribution is 5.81. The number of hydrogen-bond donors (Lipinski definition) is 0. The van der Waals surface area contributed by atoms with Gasteiger partial charge >= 0.3 is 0 Å². The van der Waals surface area contributed by atoms with Crippen LogP contribution in [0.2, 0.25) is 0 Å². The molecule has 0 amide bonds. The summed E-state index contributed by atoms with van der Waals surface area (Å²) in [6.07, 6.45) is 14.2. The molecule has 186 valence electrons. The Balaban J connectivity index is 0.000000917. The zero-order valence-electron chi connectivity index (χ0n) is 23.3. The van der Waals surface area contributed by atoms with Gasteiger partial charge in [0, 0.05) is 24.0 Å². The van der Waals surface area contributed by atoms with Gasteiger partial charge in [-0.3, -0.25) is 0 Å². The van der Waals surface area contributed by atoms with Crippen LogP contribution >= 0.6 is 0 Å². The molecule has 0 saturated heterocycles. The van der Waals surface area contributed by atoms with Gasteiger partial charge in [-0.1, -0.05) is 115 Å². The SMILES string of the molecule is CCCC.CCCC(C)C.C\C=C/C(=C(C#N)\C=C\CC)c1ccc(-c2ccc(C)cc2)n1C. The van der Waals surface area contributed by atoms with Crippen molar-refractivity contribution in [3.05, 3.63) is 77.5 Å². The van der Waals surface area contributed by atoms with Crippen molar-refractivity contribution in [1.82, 2.24) is 4.57 Å². The lowest BCUT2D eigenvalue weighted by Crippen LogP contribution is -1.98. The van der Waals surface area contributed by atoms with E-state index in [2.05, 4.69) is 95.5 Å². The van der Waals surface area contributed by atoms with Crippen LogP contribution in [-0.4, -0.2) is 4.57 Å². The number of hydrogen-bond acceptors (Lipinski definition) is 1. The van der Waals surface area contributed by atoms with Crippen LogP contribution < -0.4 is 0 Å². The Morgan fingerprint density at radius 2 is 1.56 bits per heavy atom. The fourth-order valence-corrected chi connectivity index (χ4v) is 3.28. The van der Waals surface area contributed by atoms with Crippen LogP contribution in [-0.2, 0) is 7.05 Å². The third-order valence-electron chi connectivity index (χ3n) is 5.38. The zero-order valence-corrected chi connectivity index (χ0v) is 23.3. The normalized spacial score (nSPS) is 11.6. The Morgan fingerprint density at radius 3 is 1.97 bits per heavy atom. The lowest BCUT2D eigenvalue weighted by atomic mass is 10.0. The van der Waals surface area contributed by atoms with Crippen molar-refractivity contribution in [1.29, 1.82) is 5.26 Å². The summed E-state index contributed by atoms with van der Waals surface area (Å²) in [5.74, 6) is 0.898. The monoisotopic (exact) mass is 460 g/mol. The van der Waals surface area contributed by atoms with E-state index >= 15 is 0 Å². The van der Waals surface area contributed by atoms with Crippen LogP contribution in [0.3, 0.4) is 0 Å². The molecule has 34 heavy (non-hydrogen) atoms. The fourth-order valence-electron chi connectivity index (χ4n) is 3.28. The fraction of sp³-hybridized carbons (Fsp3) is 0.469. The molecule has 2 rings (SSSR count). The molecule has 2 heteroatoms. The average Bonchev–Trinajstić information content (AvgIpc) is 3.20. The maximum absolute atomic E-state index is 9.55. The maximum atomic E-state index is 9.55. The van der Waals surface area contributed by atoms with E-state index in [-0.39, 0.29) is 0 Å². The van der Waals surface area contributed by atoms with Gasteiger partial charge in [0.2, 0.25) is 0 Å². The van der Waals surface area contributed by atoms with Gasteiger partial charge in [0.05, 0.1) is 11.6 Å². The predicted octanol–water partition coefficient (Wildman–Crippen LogP) is 10.1. The first-order valence-corrected chi connectivity index (χ1v) is 13.0. The highest BCUT2D eigenvalue weighted by Crippen LogP contribution is 2.28. The summed E-state index contributed by atoms with van der Waals surface area (Å²) in [5.41, 5.74) is 6.25. The van der Waals surface area contributed by atoms with Crippen LogP contribution in [0.5, 0.6) is 0 Å². The van der Waals surface area contributed by atoms with E-state index in [1.54, 1.807) is 0 Å². The molecule has 0 aliphatic rings. The molecule has 0 saturated carbocycles. The largest absolute Gasteiger partial charge is 0.344 e. The summed E-state index contributed by atoms with van der Waals surface area (Å²) >= 11 is 0. The Kier molecular flexibility index (Phi) is 17.1. The zero-order chi connectivity index (χ0) is 25.9. The smallest absolute Gasteiger partial charge is 0.0998 e. The van der Waals surface area contributed by atoms with Crippen LogP contribution in [0, 0.1) is 24.2 Å². The minimum absolute atomic E-state index is 0.687. The summed E-state index contributed by atoms with van der Waals surface area (Å²) in [7, 11) is 2.05. The highest BCUT2D eigenvalue weighted by atomic mass is 15.0. The molecule has 0 radical (unpaired) electrons. The van der Waals surface area contributed by atoms with E-state index < -0.39 is 0 Å². The summed E-state index contributed by atoms with van der Waals surface area (Å²) in [4.78, 5) is 0. The van der Waals surface area contributed by atoms with Gasteiger partial charge < -0.3 is 4.57 Å². The number of nitrogens with zero attached hydrogens (tertiary/aromatic N) is 2. The second-order valence-electron chi connectivity index (χ2n) is 8.96. The van der Waals surface area contributed by atoms with Crippen molar-refractivity contribution in [2.24, 2.45) is 13.0 Å². The molecule has 0 spiro atoms. The summed E-state index contributed by atoms with van der Waals surface area (Å²) in [6.45, 7) is 17.2. The number of unbranched alkanes of at least 4 members (excludes halogenated alkanes) is 1. The minimum Gasteiger partial charge on any atom is -0.344 e. The van der Waals surface area contributed by atoms with Crippen LogP contribution in [0.15, 0.2) is 66.3 Å². The molecule has 0 bridgehead atoms. The molecule has 2 aromatic rings. The molecule has 2 nitrogen and oxygen atoms in total. The third kappa shape index (κ3) is 11.4. The van der Waals surface area contributed by atoms with E-state index in [1.807, 2.05) is 38.3 Å². The number of aryl methyl sites for hydroxylation is 1. The second-order valence-corrected chi connectivity index (χ2v) is 8.96. The van der Waals surface area contributed by atoms with E-state index in [1.165, 1.54) is 36.8 Å². The van der Waals surface area contributed by atoms with Gasteiger partial charge in [0.1, 0.15) is 0 Å². The van der Waals surface area contributed by atoms with Gasteiger partial charge in [0.25, 0.3) is 0 Å². The Morgan fingerprint density at radius 1 is 0.941 bits per heavy atom. The summed E-state index contributed by atoms with van der Waals surface area (Å²) in [5, 5.41) is 9.55. The second kappa shape index (κ2) is 18.6. The minimum atomic E-state index is 0.687. The molecule has 0 fully saturated rings. The molecular weight excluding hydrogens is 412 g/mol. The van der Waals surface area contributed by atoms with E-state index in [4.69, 9.17) is 0 Å². The maximum Gasteiger partial charge on any atom is 0.0998 e. The summed E-state index contributed by atoms with van der Waals surface area (Å²) < 4.78 is 2.15. The van der Waals surface area contributed by atoms with Crippen LogP contribution in [0.4, 0.5) is 0 Å². The Labute approximate surface area is 210 Å². The average molecular weight is 461 g/mol. The van der Waals surface area contributed by atoms with Crippen LogP contribution in [0.25, 0.3) is 16.8 Å². The van der Waals surface area contributed by atoms with Gasteiger partial charge in [-0.25, -0.2) is 0 Å². The first-order chi connectivity index (χ1) is 16.3. The van der Waals surface area contributed by atoms with Gasteiger partial charge in [0.15, 0.2) is 0 Å². The Hall–Kier alpha value is -2.79. The van der Waals surface area contributed by atoms with Crippen molar-refractivity contribution in [3.8, 4) is 17.3 Å². The van der Waals surface area contributed by atoms with E-state index in [0.29, 0.717) is 5.57 Å². The lowest BCUT2D eigenvalue weighted by Gasteiger charge is -2.10. The van der Waals surface area contributed by atoms with Crippen molar-refractivity contribution in [2.45, 2.75) is 87.5 Å². The third-order valence-corrected chi connectivity index (χ3v) is 5.38. The Bertz CT molecular complexity index is 926. The van der Waals surface area contributed by atoms with Gasteiger partial charge in [-0.15, -0.1) is 0 Å². The summed E-state index contributed by atoms with van der Waals surface area (Å²) in [6, 6.07) is 15.0. The molecular formula is C32H48N2. The number of allylic oxidation sites excluding steroid dienone is 6. The van der Waals surface area contributed by atoms with Gasteiger partial charge in [-0.05, 0) is 50.0 Å². The molecule has 1 aromatic heterocycles. The molecule has 0 aliphatic heterocycles. The van der Waals surface area contributed by atoms with Crippen molar-refractivity contribution in [3.63, 3.8) is 0 Å². The lowest BCUT2D eigenvalue weighted by molar-refractivity contribution is 0.576. The molecule has 1 aromatic carbocycles. The molecule has 0 unspecified atom stereocenters.